The number of hydrogen-bond acceptors (Lipinski definition) is 4. The third-order valence-electron chi connectivity index (χ3n) is 4.38. The SMILES string of the molecule is CCNC(=NCc1cccc(OCC(=O)NC2CC2)c1)NCCOc1ccccc1.I. The van der Waals surface area contributed by atoms with E-state index in [-0.39, 0.29) is 36.5 Å². The first-order valence-electron chi connectivity index (χ1n) is 10.4. The first-order chi connectivity index (χ1) is 14.7. The Kier molecular flexibility index (Phi) is 11.0. The van der Waals surface area contributed by atoms with Gasteiger partial charge in [0.25, 0.3) is 5.91 Å². The average molecular weight is 538 g/mol. The van der Waals surface area contributed by atoms with Crippen LogP contribution in [0.1, 0.15) is 25.3 Å². The number of amides is 1. The van der Waals surface area contributed by atoms with Gasteiger partial charge in [0.2, 0.25) is 0 Å². The van der Waals surface area contributed by atoms with Crippen LogP contribution < -0.4 is 25.4 Å². The molecule has 0 heterocycles. The van der Waals surface area contributed by atoms with Crippen LogP contribution in [-0.2, 0) is 11.3 Å². The number of benzene rings is 2. The second-order valence-electron chi connectivity index (χ2n) is 7.06. The van der Waals surface area contributed by atoms with Crippen LogP contribution in [0.5, 0.6) is 11.5 Å². The minimum Gasteiger partial charge on any atom is -0.492 e. The molecule has 3 rings (SSSR count). The summed E-state index contributed by atoms with van der Waals surface area (Å²) >= 11 is 0. The number of rotatable bonds is 11. The zero-order chi connectivity index (χ0) is 21.0. The van der Waals surface area contributed by atoms with Crippen LogP contribution in [0.2, 0.25) is 0 Å². The van der Waals surface area contributed by atoms with E-state index in [1.165, 1.54) is 0 Å². The average Bonchev–Trinajstić information content (AvgIpc) is 3.58. The van der Waals surface area contributed by atoms with Gasteiger partial charge in [0.15, 0.2) is 12.6 Å². The highest BCUT2D eigenvalue weighted by Gasteiger charge is 2.23. The Labute approximate surface area is 201 Å². The Morgan fingerprint density at radius 1 is 1.03 bits per heavy atom. The number of guanidine groups is 1. The molecule has 0 saturated heterocycles. The van der Waals surface area contributed by atoms with E-state index >= 15 is 0 Å². The van der Waals surface area contributed by atoms with Crippen molar-refractivity contribution < 1.29 is 14.3 Å². The van der Waals surface area contributed by atoms with Crippen LogP contribution in [0.15, 0.2) is 59.6 Å². The smallest absolute Gasteiger partial charge is 0.258 e. The van der Waals surface area contributed by atoms with Crippen molar-refractivity contribution in [3.8, 4) is 11.5 Å². The Morgan fingerprint density at radius 3 is 2.55 bits per heavy atom. The minimum atomic E-state index is -0.0720. The molecule has 0 aromatic heterocycles. The molecule has 0 bridgehead atoms. The lowest BCUT2D eigenvalue weighted by molar-refractivity contribution is -0.123. The standard InChI is InChI=1S/C23H30N4O3.HI/c1-2-24-23(25-13-14-29-20-8-4-3-5-9-20)26-16-18-7-6-10-21(15-18)30-17-22(28)27-19-11-12-19;/h3-10,15,19H,2,11-14,16-17H2,1H3,(H,27,28)(H2,24,25,26);1H. The van der Waals surface area contributed by atoms with E-state index in [1.807, 2.05) is 61.5 Å². The second kappa shape index (κ2) is 13.7. The molecule has 168 valence electrons. The van der Waals surface area contributed by atoms with E-state index in [0.29, 0.717) is 31.5 Å². The summed E-state index contributed by atoms with van der Waals surface area (Å²) in [7, 11) is 0. The molecule has 0 spiro atoms. The first-order valence-corrected chi connectivity index (χ1v) is 10.4. The third kappa shape index (κ3) is 9.91. The monoisotopic (exact) mass is 538 g/mol. The van der Waals surface area contributed by atoms with E-state index in [9.17, 15) is 4.79 Å². The normalized spacial score (nSPS) is 13.0. The van der Waals surface area contributed by atoms with Crippen molar-refractivity contribution in [3.63, 3.8) is 0 Å². The van der Waals surface area contributed by atoms with E-state index in [0.717, 1.165) is 36.7 Å². The predicted octanol–water partition coefficient (Wildman–Crippen LogP) is 3.10. The minimum absolute atomic E-state index is 0. The number of hydrogen-bond donors (Lipinski definition) is 3. The van der Waals surface area contributed by atoms with Crippen LogP contribution >= 0.6 is 24.0 Å². The maximum atomic E-state index is 11.8. The number of para-hydroxylation sites is 1. The quantitative estimate of drug-likeness (QED) is 0.177. The number of nitrogens with one attached hydrogen (secondary N) is 3. The van der Waals surface area contributed by atoms with Crippen molar-refractivity contribution >= 4 is 35.8 Å². The number of ether oxygens (including phenoxy) is 2. The topological polar surface area (TPSA) is 84.0 Å². The molecule has 1 saturated carbocycles. The molecule has 2 aromatic carbocycles. The molecule has 8 heteroatoms. The molecule has 0 radical (unpaired) electrons. The van der Waals surface area contributed by atoms with Gasteiger partial charge in [0, 0.05) is 12.6 Å². The molecule has 1 aliphatic carbocycles. The fraction of sp³-hybridized carbons (Fsp3) is 0.391. The lowest BCUT2D eigenvalue weighted by Gasteiger charge is -2.12. The number of halogens is 1. The molecule has 31 heavy (non-hydrogen) atoms. The van der Waals surface area contributed by atoms with Gasteiger partial charge in [0.05, 0.1) is 13.1 Å². The van der Waals surface area contributed by atoms with Gasteiger partial charge >= 0.3 is 0 Å². The Bertz CT molecular complexity index is 829. The summed E-state index contributed by atoms with van der Waals surface area (Å²) in [6, 6.07) is 17.7. The zero-order valence-electron chi connectivity index (χ0n) is 17.8. The maximum Gasteiger partial charge on any atom is 0.258 e. The Hall–Kier alpha value is -2.49. The summed E-state index contributed by atoms with van der Waals surface area (Å²) in [5, 5.41) is 9.41. The molecular formula is C23H31IN4O3. The third-order valence-corrected chi connectivity index (χ3v) is 4.38. The number of nitrogens with zero attached hydrogens (tertiary/aromatic N) is 1. The molecular weight excluding hydrogens is 507 g/mol. The van der Waals surface area contributed by atoms with Gasteiger partial charge in [0.1, 0.15) is 18.1 Å². The van der Waals surface area contributed by atoms with Gasteiger partial charge in [-0.3, -0.25) is 4.79 Å². The largest absolute Gasteiger partial charge is 0.492 e. The first kappa shape index (κ1) is 24.8. The van der Waals surface area contributed by atoms with Crippen molar-refractivity contribution in [1.82, 2.24) is 16.0 Å². The molecule has 3 N–H and O–H groups in total. The molecule has 1 fully saturated rings. The van der Waals surface area contributed by atoms with Gasteiger partial charge in [-0.05, 0) is 49.6 Å². The summed E-state index contributed by atoms with van der Waals surface area (Å²) in [4.78, 5) is 16.4. The Balaban J connectivity index is 0.00000341. The lowest BCUT2D eigenvalue weighted by atomic mass is 10.2. The molecule has 1 aliphatic rings. The molecule has 0 atom stereocenters. The van der Waals surface area contributed by atoms with Crippen molar-refractivity contribution in [2.24, 2.45) is 4.99 Å². The van der Waals surface area contributed by atoms with Gasteiger partial charge in [-0.15, -0.1) is 24.0 Å². The van der Waals surface area contributed by atoms with Crippen molar-refractivity contribution in [2.45, 2.75) is 32.4 Å². The molecule has 7 nitrogen and oxygen atoms in total. The molecule has 2 aromatic rings. The van der Waals surface area contributed by atoms with Crippen LogP contribution in [0.3, 0.4) is 0 Å². The van der Waals surface area contributed by atoms with Gasteiger partial charge in [-0.1, -0.05) is 30.3 Å². The predicted molar refractivity (Wildman–Crippen MR) is 133 cm³/mol. The van der Waals surface area contributed by atoms with Gasteiger partial charge in [-0.25, -0.2) is 4.99 Å². The fourth-order valence-corrected chi connectivity index (χ4v) is 2.75. The summed E-state index contributed by atoms with van der Waals surface area (Å²) in [6.45, 7) is 4.51. The van der Waals surface area contributed by atoms with Crippen molar-refractivity contribution in [3.05, 3.63) is 60.2 Å². The summed E-state index contributed by atoms with van der Waals surface area (Å²) in [5.41, 5.74) is 1.01. The van der Waals surface area contributed by atoms with Crippen molar-refractivity contribution in [2.75, 3.05) is 26.3 Å². The maximum absolute atomic E-state index is 11.8. The highest BCUT2D eigenvalue weighted by molar-refractivity contribution is 14.0. The highest BCUT2D eigenvalue weighted by Crippen LogP contribution is 2.18. The van der Waals surface area contributed by atoms with Crippen LogP contribution in [0.25, 0.3) is 0 Å². The zero-order valence-corrected chi connectivity index (χ0v) is 20.1. The molecule has 1 amide bonds. The van der Waals surface area contributed by atoms with Crippen LogP contribution in [-0.4, -0.2) is 44.2 Å². The second-order valence-corrected chi connectivity index (χ2v) is 7.06. The number of carbonyl (C=O) groups is 1. The summed E-state index contributed by atoms with van der Waals surface area (Å²) in [5.74, 6) is 2.17. The van der Waals surface area contributed by atoms with E-state index in [2.05, 4.69) is 20.9 Å². The number of carbonyl (C=O) groups excluding carboxylic acids is 1. The summed E-state index contributed by atoms with van der Waals surface area (Å²) in [6.07, 6.45) is 2.14. The lowest BCUT2D eigenvalue weighted by Crippen LogP contribution is -2.39. The van der Waals surface area contributed by atoms with Crippen LogP contribution in [0.4, 0.5) is 0 Å². The fourth-order valence-electron chi connectivity index (χ4n) is 2.75. The number of aliphatic imine (C=N–C) groups is 1. The summed E-state index contributed by atoms with van der Waals surface area (Å²) < 4.78 is 11.3. The molecule has 0 unspecified atom stereocenters. The van der Waals surface area contributed by atoms with Gasteiger partial charge < -0.3 is 25.4 Å². The van der Waals surface area contributed by atoms with Gasteiger partial charge in [-0.2, -0.15) is 0 Å². The van der Waals surface area contributed by atoms with E-state index in [4.69, 9.17) is 9.47 Å². The van der Waals surface area contributed by atoms with Crippen molar-refractivity contribution in [1.29, 1.82) is 0 Å². The van der Waals surface area contributed by atoms with E-state index < -0.39 is 0 Å². The van der Waals surface area contributed by atoms with E-state index in [1.54, 1.807) is 0 Å². The molecule has 0 aliphatic heterocycles. The Morgan fingerprint density at radius 2 is 1.81 bits per heavy atom. The highest BCUT2D eigenvalue weighted by atomic mass is 127. The van der Waals surface area contributed by atoms with Crippen LogP contribution in [0, 0.1) is 0 Å².